The smallest absolute Gasteiger partial charge is 0.254 e. The number of hydrogen-bond acceptors (Lipinski definition) is 3. The van der Waals surface area contributed by atoms with Gasteiger partial charge in [0.25, 0.3) is 5.91 Å². The lowest BCUT2D eigenvalue weighted by atomic mass is 10.2. The third-order valence-electron chi connectivity index (χ3n) is 2.13. The van der Waals surface area contributed by atoms with Gasteiger partial charge in [0.1, 0.15) is 0 Å². The standard InChI is InChI=1S/C9H9NO2S/c11-5-8-4-7(6-13-8)9(12)10-2-1-3-10/h4-6H,1-3H2. The van der Waals surface area contributed by atoms with Gasteiger partial charge in [-0.05, 0) is 12.5 Å². The summed E-state index contributed by atoms with van der Waals surface area (Å²) in [6.45, 7) is 1.70. The molecule has 1 saturated heterocycles. The Bertz CT molecular complexity index is 341. The van der Waals surface area contributed by atoms with Crippen LogP contribution in [0.3, 0.4) is 0 Å². The first kappa shape index (κ1) is 8.44. The topological polar surface area (TPSA) is 37.4 Å². The molecule has 0 saturated carbocycles. The minimum absolute atomic E-state index is 0.0515. The van der Waals surface area contributed by atoms with Crippen LogP contribution >= 0.6 is 11.3 Å². The monoisotopic (exact) mass is 195 g/mol. The minimum Gasteiger partial charge on any atom is -0.338 e. The van der Waals surface area contributed by atoms with Gasteiger partial charge in [0.05, 0.1) is 10.4 Å². The van der Waals surface area contributed by atoms with E-state index >= 15 is 0 Å². The molecule has 0 N–H and O–H groups in total. The van der Waals surface area contributed by atoms with Crippen molar-refractivity contribution in [3.8, 4) is 0 Å². The number of thiophene rings is 1. The fraction of sp³-hybridized carbons (Fsp3) is 0.333. The van der Waals surface area contributed by atoms with E-state index in [4.69, 9.17) is 0 Å². The van der Waals surface area contributed by atoms with E-state index in [0.717, 1.165) is 25.8 Å². The number of nitrogens with zero attached hydrogens (tertiary/aromatic N) is 1. The largest absolute Gasteiger partial charge is 0.338 e. The first-order valence-electron chi connectivity index (χ1n) is 4.14. The highest BCUT2D eigenvalue weighted by Gasteiger charge is 2.22. The zero-order chi connectivity index (χ0) is 9.26. The predicted octanol–water partition coefficient (Wildman–Crippen LogP) is 1.41. The van der Waals surface area contributed by atoms with Gasteiger partial charge in [0.15, 0.2) is 6.29 Å². The van der Waals surface area contributed by atoms with Gasteiger partial charge in [-0.25, -0.2) is 0 Å². The van der Waals surface area contributed by atoms with Gasteiger partial charge in [-0.3, -0.25) is 9.59 Å². The Balaban J connectivity index is 2.14. The van der Waals surface area contributed by atoms with Gasteiger partial charge >= 0.3 is 0 Å². The van der Waals surface area contributed by atoms with E-state index in [1.54, 1.807) is 16.3 Å². The van der Waals surface area contributed by atoms with E-state index in [1.807, 2.05) is 0 Å². The highest BCUT2D eigenvalue weighted by molar-refractivity contribution is 7.12. The fourth-order valence-electron chi connectivity index (χ4n) is 1.23. The van der Waals surface area contributed by atoms with Crippen LogP contribution in [-0.2, 0) is 0 Å². The highest BCUT2D eigenvalue weighted by atomic mass is 32.1. The van der Waals surface area contributed by atoms with E-state index in [-0.39, 0.29) is 5.91 Å². The van der Waals surface area contributed by atoms with Gasteiger partial charge in [0, 0.05) is 18.5 Å². The molecule has 1 aromatic rings. The van der Waals surface area contributed by atoms with Gasteiger partial charge in [-0.1, -0.05) is 0 Å². The van der Waals surface area contributed by atoms with Crippen molar-refractivity contribution in [2.24, 2.45) is 0 Å². The Morgan fingerprint density at radius 1 is 1.54 bits per heavy atom. The van der Waals surface area contributed by atoms with E-state index < -0.39 is 0 Å². The third-order valence-corrected chi connectivity index (χ3v) is 2.98. The molecular weight excluding hydrogens is 186 g/mol. The summed E-state index contributed by atoms with van der Waals surface area (Å²) in [5.41, 5.74) is 0.645. The average Bonchev–Trinajstić information content (AvgIpc) is 2.48. The lowest BCUT2D eigenvalue weighted by Gasteiger charge is -2.30. The molecule has 13 heavy (non-hydrogen) atoms. The van der Waals surface area contributed by atoms with Crippen molar-refractivity contribution in [1.82, 2.24) is 4.90 Å². The minimum atomic E-state index is 0.0515. The molecule has 0 spiro atoms. The molecule has 0 bridgehead atoms. The first-order valence-corrected chi connectivity index (χ1v) is 5.02. The molecule has 2 rings (SSSR count). The van der Waals surface area contributed by atoms with Crippen molar-refractivity contribution in [1.29, 1.82) is 0 Å². The summed E-state index contributed by atoms with van der Waals surface area (Å²) < 4.78 is 0. The van der Waals surface area contributed by atoms with Crippen LogP contribution in [-0.4, -0.2) is 30.2 Å². The molecule has 1 amide bonds. The van der Waals surface area contributed by atoms with Crippen LogP contribution in [0.2, 0.25) is 0 Å². The summed E-state index contributed by atoms with van der Waals surface area (Å²) in [6.07, 6.45) is 1.87. The number of carbonyl (C=O) groups excluding carboxylic acids is 2. The molecule has 1 aliphatic heterocycles. The van der Waals surface area contributed by atoms with E-state index in [1.165, 1.54) is 11.3 Å². The highest BCUT2D eigenvalue weighted by Crippen LogP contribution is 2.17. The fourth-order valence-corrected chi connectivity index (χ4v) is 1.91. The Hall–Kier alpha value is -1.16. The van der Waals surface area contributed by atoms with Crippen LogP contribution in [0, 0.1) is 0 Å². The molecule has 1 aliphatic rings. The summed E-state index contributed by atoms with van der Waals surface area (Å²) in [5, 5.41) is 1.74. The quantitative estimate of drug-likeness (QED) is 0.669. The maximum absolute atomic E-state index is 11.6. The van der Waals surface area contributed by atoms with Gasteiger partial charge < -0.3 is 4.90 Å². The van der Waals surface area contributed by atoms with Crippen molar-refractivity contribution in [2.75, 3.05) is 13.1 Å². The van der Waals surface area contributed by atoms with Gasteiger partial charge in [0.2, 0.25) is 0 Å². The molecule has 0 aromatic carbocycles. The number of carbonyl (C=O) groups is 2. The molecular formula is C9H9NO2S. The second-order valence-electron chi connectivity index (χ2n) is 3.00. The summed E-state index contributed by atoms with van der Waals surface area (Å²) in [5.74, 6) is 0.0515. The second-order valence-corrected chi connectivity index (χ2v) is 3.94. The van der Waals surface area contributed by atoms with Crippen LogP contribution in [0.5, 0.6) is 0 Å². The normalized spacial score (nSPS) is 15.2. The Morgan fingerprint density at radius 3 is 2.77 bits per heavy atom. The van der Waals surface area contributed by atoms with Crippen molar-refractivity contribution in [3.05, 3.63) is 21.9 Å². The molecule has 0 unspecified atom stereocenters. The lowest BCUT2D eigenvalue weighted by molar-refractivity contribution is 0.0652. The molecule has 3 nitrogen and oxygen atoms in total. The van der Waals surface area contributed by atoms with Gasteiger partial charge in [-0.15, -0.1) is 11.3 Å². The summed E-state index contributed by atoms with van der Waals surface area (Å²) in [4.78, 5) is 24.4. The Morgan fingerprint density at radius 2 is 2.31 bits per heavy atom. The zero-order valence-corrected chi connectivity index (χ0v) is 7.84. The molecule has 4 heteroatoms. The lowest BCUT2D eigenvalue weighted by Crippen LogP contribution is -2.41. The number of amides is 1. The van der Waals surface area contributed by atoms with Crippen LogP contribution in [0.15, 0.2) is 11.4 Å². The molecule has 2 heterocycles. The van der Waals surface area contributed by atoms with E-state index in [0.29, 0.717) is 10.4 Å². The van der Waals surface area contributed by atoms with Crippen molar-refractivity contribution in [3.63, 3.8) is 0 Å². The maximum atomic E-state index is 11.6. The summed E-state index contributed by atoms with van der Waals surface area (Å²) in [6, 6.07) is 1.65. The predicted molar refractivity (Wildman–Crippen MR) is 50.2 cm³/mol. The van der Waals surface area contributed by atoms with Crippen LogP contribution in [0.25, 0.3) is 0 Å². The molecule has 1 fully saturated rings. The molecule has 0 atom stereocenters. The first-order chi connectivity index (χ1) is 6.31. The number of rotatable bonds is 2. The average molecular weight is 195 g/mol. The maximum Gasteiger partial charge on any atom is 0.254 e. The molecule has 0 aliphatic carbocycles. The molecule has 0 radical (unpaired) electrons. The van der Waals surface area contributed by atoms with Crippen LogP contribution in [0.4, 0.5) is 0 Å². The Kier molecular flexibility index (Phi) is 2.14. The Labute approximate surface area is 80.0 Å². The zero-order valence-electron chi connectivity index (χ0n) is 7.03. The van der Waals surface area contributed by atoms with Crippen molar-refractivity contribution in [2.45, 2.75) is 6.42 Å². The number of likely N-dealkylation sites (tertiary alicyclic amines) is 1. The van der Waals surface area contributed by atoms with Gasteiger partial charge in [-0.2, -0.15) is 0 Å². The number of aldehydes is 1. The number of hydrogen-bond donors (Lipinski definition) is 0. The molecule has 1 aromatic heterocycles. The van der Waals surface area contributed by atoms with Crippen molar-refractivity contribution >= 4 is 23.5 Å². The van der Waals surface area contributed by atoms with Crippen LogP contribution < -0.4 is 0 Å². The van der Waals surface area contributed by atoms with E-state index in [2.05, 4.69) is 0 Å². The van der Waals surface area contributed by atoms with Crippen molar-refractivity contribution < 1.29 is 9.59 Å². The van der Waals surface area contributed by atoms with Crippen LogP contribution in [0.1, 0.15) is 26.5 Å². The van der Waals surface area contributed by atoms with E-state index in [9.17, 15) is 9.59 Å². The SMILES string of the molecule is O=Cc1cc(C(=O)N2CCC2)cs1. The third kappa shape index (κ3) is 1.49. The molecule has 68 valence electrons. The second kappa shape index (κ2) is 3.30. The summed E-state index contributed by atoms with van der Waals surface area (Å²) in [7, 11) is 0. The summed E-state index contributed by atoms with van der Waals surface area (Å²) >= 11 is 1.31.